The first-order chi connectivity index (χ1) is 8.67. The van der Waals surface area contributed by atoms with Crippen LogP contribution in [0.5, 0.6) is 0 Å². The summed E-state index contributed by atoms with van der Waals surface area (Å²) in [4.78, 5) is 11.0. The van der Waals surface area contributed by atoms with E-state index in [2.05, 4.69) is 40.6 Å². The lowest BCUT2D eigenvalue weighted by molar-refractivity contribution is 0.691. The van der Waals surface area contributed by atoms with Crippen LogP contribution >= 0.6 is 11.3 Å². The van der Waals surface area contributed by atoms with Gasteiger partial charge in [-0.2, -0.15) is 4.98 Å². The monoisotopic (exact) mass is 263 g/mol. The number of aromatic nitrogens is 2. The molecule has 96 valence electrons. The van der Waals surface area contributed by atoms with E-state index in [1.54, 1.807) is 11.3 Å². The highest BCUT2D eigenvalue weighted by atomic mass is 32.1. The maximum Gasteiger partial charge on any atom is 0.240 e. The molecule has 1 fully saturated rings. The summed E-state index contributed by atoms with van der Waals surface area (Å²) >= 11 is 1.66. The van der Waals surface area contributed by atoms with Crippen molar-refractivity contribution < 1.29 is 0 Å². The average molecular weight is 263 g/mol. The molecule has 2 aromatic rings. The van der Waals surface area contributed by atoms with Gasteiger partial charge in [-0.25, -0.2) is 10.8 Å². The summed E-state index contributed by atoms with van der Waals surface area (Å²) in [7, 11) is 0. The topological polar surface area (TPSA) is 75.9 Å². The highest BCUT2D eigenvalue weighted by molar-refractivity contribution is 7.18. The molecule has 4 N–H and O–H groups in total. The maximum absolute atomic E-state index is 5.42. The number of nitrogens with two attached hydrogens (primary N) is 1. The molecule has 1 aliphatic rings. The van der Waals surface area contributed by atoms with Crippen molar-refractivity contribution in [3.05, 3.63) is 10.9 Å². The Morgan fingerprint density at radius 3 is 2.89 bits per heavy atom. The van der Waals surface area contributed by atoms with Crippen LogP contribution in [-0.4, -0.2) is 16.0 Å². The van der Waals surface area contributed by atoms with E-state index in [1.165, 1.54) is 17.7 Å². The van der Waals surface area contributed by atoms with Crippen molar-refractivity contribution in [1.29, 1.82) is 0 Å². The van der Waals surface area contributed by atoms with Gasteiger partial charge in [0.25, 0.3) is 0 Å². The number of hydrogen-bond donors (Lipinski definition) is 3. The highest BCUT2D eigenvalue weighted by Crippen LogP contribution is 2.36. The maximum atomic E-state index is 5.42. The quantitative estimate of drug-likeness (QED) is 0.583. The Balaban J connectivity index is 2.01. The first-order valence-electron chi connectivity index (χ1n) is 6.18. The molecule has 1 unspecified atom stereocenters. The normalized spacial score (nSPS) is 16.8. The Hall–Kier alpha value is -1.40. The van der Waals surface area contributed by atoms with Crippen LogP contribution in [0.4, 0.5) is 11.8 Å². The number of fused-ring (bicyclic) bond motifs is 1. The second-order valence-electron chi connectivity index (χ2n) is 4.89. The molecule has 2 aromatic heterocycles. The molecule has 0 aliphatic heterocycles. The second kappa shape index (κ2) is 4.37. The van der Waals surface area contributed by atoms with Gasteiger partial charge >= 0.3 is 0 Å². The van der Waals surface area contributed by atoms with Crippen molar-refractivity contribution in [2.75, 3.05) is 10.7 Å². The smallest absolute Gasteiger partial charge is 0.240 e. The van der Waals surface area contributed by atoms with Crippen molar-refractivity contribution in [2.45, 2.75) is 32.7 Å². The lowest BCUT2D eigenvalue weighted by Crippen LogP contribution is -2.19. The number of nitrogens with one attached hydrogen (secondary N) is 2. The van der Waals surface area contributed by atoms with Crippen LogP contribution in [0.2, 0.25) is 0 Å². The minimum atomic E-state index is 0.453. The SMILES string of the molecule is Cc1cc2c(NC(C)C3CC3)nc(NN)nc2s1. The Bertz CT molecular complexity index is 575. The van der Waals surface area contributed by atoms with Crippen LogP contribution < -0.4 is 16.6 Å². The summed E-state index contributed by atoms with van der Waals surface area (Å²) in [6.07, 6.45) is 2.63. The molecule has 0 radical (unpaired) electrons. The van der Waals surface area contributed by atoms with Gasteiger partial charge in [-0.3, -0.25) is 5.43 Å². The number of anilines is 2. The summed E-state index contributed by atoms with van der Waals surface area (Å²) < 4.78 is 0. The van der Waals surface area contributed by atoms with Crippen LogP contribution in [0.3, 0.4) is 0 Å². The summed E-state index contributed by atoms with van der Waals surface area (Å²) in [5, 5.41) is 4.58. The molecule has 0 spiro atoms. The van der Waals surface area contributed by atoms with Crippen LogP contribution in [0.25, 0.3) is 10.2 Å². The van der Waals surface area contributed by atoms with E-state index in [1.807, 2.05) is 0 Å². The number of thiophene rings is 1. The minimum Gasteiger partial charge on any atom is -0.367 e. The number of nitrogens with zero attached hydrogens (tertiary/aromatic N) is 2. The molecule has 18 heavy (non-hydrogen) atoms. The van der Waals surface area contributed by atoms with Crippen LogP contribution in [0, 0.1) is 12.8 Å². The molecule has 0 amide bonds. The van der Waals surface area contributed by atoms with Crippen LogP contribution in [0.1, 0.15) is 24.6 Å². The van der Waals surface area contributed by atoms with Crippen molar-refractivity contribution in [2.24, 2.45) is 11.8 Å². The van der Waals surface area contributed by atoms with Crippen molar-refractivity contribution in [3.63, 3.8) is 0 Å². The van der Waals surface area contributed by atoms with Gasteiger partial charge in [0.1, 0.15) is 10.6 Å². The molecule has 1 atom stereocenters. The van der Waals surface area contributed by atoms with Gasteiger partial charge in [0.15, 0.2) is 0 Å². The van der Waals surface area contributed by atoms with Crippen LogP contribution in [-0.2, 0) is 0 Å². The van der Waals surface area contributed by atoms with E-state index >= 15 is 0 Å². The molecule has 1 saturated carbocycles. The molecular formula is C12H17N5S. The molecular weight excluding hydrogens is 246 g/mol. The van der Waals surface area contributed by atoms with E-state index < -0.39 is 0 Å². The molecule has 1 aliphatic carbocycles. The van der Waals surface area contributed by atoms with Crippen molar-refractivity contribution >= 4 is 33.3 Å². The minimum absolute atomic E-state index is 0.453. The fourth-order valence-corrected chi connectivity index (χ4v) is 3.03. The number of hydrogen-bond acceptors (Lipinski definition) is 6. The van der Waals surface area contributed by atoms with Gasteiger partial charge < -0.3 is 5.32 Å². The summed E-state index contributed by atoms with van der Waals surface area (Å²) in [6, 6.07) is 2.58. The largest absolute Gasteiger partial charge is 0.367 e. The molecule has 0 aromatic carbocycles. The molecule has 0 saturated heterocycles. The zero-order chi connectivity index (χ0) is 12.7. The summed E-state index contributed by atoms with van der Waals surface area (Å²) in [5.41, 5.74) is 2.53. The van der Waals surface area contributed by atoms with Gasteiger partial charge in [0.05, 0.1) is 5.39 Å². The Morgan fingerprint density at radius 2 is 2.22 bits per heavy atom. The Morgan fingerprint density at radius 1 is 1.44 bits per heavy atom. The lowest BCUT2D eigenvalue weighted by Gasteiger charge is -2.14. The van der Waals surface area contributed by atoms with E-state index in [0.29, 0.717) is 12.0 Å². The lowest BCUT2D eigenvalue weighted by atomic mass is 10.2. The van der Waals surface area contributed by atoms with Gasteiger partial charge in [-0.1, -0.05) is 0 Å². The van der Waals surface area contributed by atoms with Gasteiger partial charge in [0, 0.05) is 10.9 Å². The van der Waals surface area contributed by atoms with Gasteiger partial charge in [-0.05, 0) is 38.7 Å². The molecule has 2 heterocycles. The van der Waals surface area contributed by atoms with E-state index in [-0.39, 0.29) is 0 Å². The molecule has 0 bridgehead atoms. The summed E-state index contributed by atoms with van der Waals surface area (Å²) in [5.74, 6) is 7.56. The fourth-order valence-electron chi connectivity index (χ4n) is 2.15. The third kappa shape index (κ3) is 2.13. The van der Waals surface area contributed by atoms with E-state index in [9.17, 15) is 0 Å². The zero-order valence-corrected chi connectivity index (χ0v) is 11.3. The van der Waals surface area contributed by atoms with Gasteiger partial charge in [-0.15, -0.1) is 11.3 Å². The average Bonchev–Trinajstić information content (AvgIpc) is 3.11. The van der Waals surface area contributed by atoms with Crippen LogP contribution in [0.15, 0.2) is 6.07 Å². The second-order valence-corrected chi connectivity index (χ2v) is 6.12. The predicted molar refractivity (Wildman–Crippen MR) is 75.8 cm³/mol. The third-order valence-electron chi connectivity index (χ3n) is 3.34. The Labute approximate surface area is 110 Å². The highest BCUT2D eigenvalue weighted by Gasteiger charge is 2.28. The third-order valence-corrected chi connectivity index (χ3v) is 4.28. The molecule has 5 nitrogen and oxygen atoms in total. The first-order valence-corrected chi connectivity index (χ1v) is 7.00. The van der Waals surface area contributed by atoms with Crippen molar-refractivity contribution in [1.82, 2.24) is 9.97 Å². The fraction of sp³-hybridized carbons (Fsp3) is 0.500. The van der Waals surface area contributed by atoms with E-state index in [4.69, 9.17) is 5.84 Å². The number of rotatable bonds is 4. The number of hydrazine groups is 1. The van der Waals surface area contributed by atoms with Crippen molar-refractivity contribution in [3.8, 4) is 0 Å². The standard InChI is InChI=1S/C12H17N5S/c1-6-5-9-10(14-7(2)8-3-4-8)15-12(17-13)16-11(9)18-6/h5,7-8H,3-4,13H2,1-2H3,(H2,14,15,16,17). The summed E-state index contributed by atoms with van der Waals surface area (Å²) in [6.45, 7) is 4.29. The zero-order valence-electron chi connectivity index (χ0n) is 10.5. The number of aryl methyl sites for hydroxylation is 1. The van der Waals surface area contributed by atoms with E-state index in [0.717, 1.165) is 22.0 Å². The van der Waals surface area contributed by atoms with Gasteiger partial charge in [0.2, 0.25) is 5.95 Å². The number of nitrogen functional groups attached to an aromatic ring is 1. The molecule has 3 rings (SSSR count). The predicted octanol–water partition coefficient (Wildman–Crippen LogP) is 2.50. The first kappa shape index (κ1) is 11.7. The molecule has 6 heteroatoms. The Kier molecular flexibility index (Phi) is 2.83.